The predicted octanol–water partition coefficient (Wildman–Crippen LogP) is 4.89. The van der Waals surface area contributed by atoms with E-state index in [0.29, 0.717) is 16.1 Å². The number of carbonyl (C=O) groups excluding carboxylic acids is 1. The molecule has 3 aromatic carbocycles. The van der Waals surface area contributed by atoms with Crippen LogP contribution in [0.3, 0.4) is 0 Å². The zero-order valence-corrected chi connectivity index (χ0v) is 17.1. The van der Waals surface area contributed by atoms with E-state index >= 15 is 0 Å². The fourth-order valence-electron chi connectivity index (χ4n) is 3.27. The second kappa shape index (κ2) is 8.02. The number of carbonyl (C=O) groups is 1. The third-order valence-corrected chi connectivity index (χ3v) is 6.00. The Balaban J connectivity index is 1.62. The standard InChI is InChI=1S/C22H16ClNO5S/c23-17-10-11-20-18(12-17)24-21(29-20)13-19(25)22(30(26,27)28)16-8-6-15(7-9-16)14-4-2-1-3-5-14/h1-12,22H,13H2,(H,26,27,28). The minimum atomic E-state index is -4.69. The Morgan fingerprint density at radius 2 is 1.67 bits per heavy atom. The van der Waals surface area contributed by atoms with Gasteiger partial charge in [0.15, 0.2) is 16.6 Å². The first kappa shape index (κ1) is 20.3. The van der Waals surface area contributed by atoms with Gasteiger partial charge in [0.25, 0.3) is 10.1 Å². The minimum absolute atomic E-state index is 0.0480. The van der Waals surface area contributed by atoms with Crippen molar-refractivity contribution in [2.45, 2.75) is 11.7 Å². The highest BCUT2D eigenvalue weighted by atomic mass is 35.5. The first-order chi connectivity index (χ1) is 14.3. The summed E-state index contributed by atoms with van der Waals surface area (Å²) >= 11 is 5.92. The summed E-state index contributed by atoms with van der Waals surface area (Å²) in [4.78, 5) is 17.0. The summed E-state index contributed by atoms with van der Waals surface area (Å²) in [6, 6.07) is 20.8. The van der Waals surface area contributed by atoms with Crippen molar-refractivity contribution in [3.63, 3.8) is 0 Å². The summed E-state index contributed by atoms with van der Waals surface area (Å²) in [5, 5.41) is -1.27. The van der Waals surface area contributed by atoms with Gasteiger partial charge in [0, 0.05) is 5.02 Å². The Kier molecular flexibility index (Phi) is 5.42. The Morgan fingerprint density at radius 3 is 2.33 bits per heavy atom. The number of rotatable bonds is 6. The molecule has 0 radical (unpaired) electrons. The zero-order valence-electron chi connectivity index (χ0n) is 15.5. The smallest absolute Gasteiger partial charge is 0.279 e. The van der Waals surface area contributed by atoms with Crippen LogP contribution in [0.1, 0.15) is 16.7 Å². The van der Waals surface area contributed by atoms with E-state index in [1.165, 1.54) is 12.1 Å². The lowest BCUT2D eigenvalue weighted by atomic mass is 10.0. The van der Waals surface area contributed by atoms with Crippen LogP contribution in [-0.2, 0) is 21.3 Å². The van der Waals surface area contributed by atoms with Crippen LogP contribution >= 0.6 is 11.6 Å². The molecule has 0 aliphatic carbocycles. The van der Waals surface area contributed by atoms with Crippen LogP contribution in [0.4, 0.5) is 0 Å². The van der Waals surface area contributed by atoms with Crippen molar-refractivity contribution in [2.75, 3.05) is 0 Å². The highest BCUT2D eigenvalue weighted by Gasteiger charge is 2.33. The lowest BCUT2D eigenvalue weighted by molar-refractivity contribution is -0.118. The van der Waals surface area contributed by atoms with Gasteiger partial charge in [0.05, 0.1) is 6.42 Å². The van der Waals surface area contributed by atoms with E-state index in [2.05, 4.69) is 4.98 Å². The maximum atomic E-state index is 12.8. The Hall–Kier alpha value is -3.00. The molecule has 0 saturated heterocycles. The second-order valence-corrected chi connectivity index (χ2v) is 8.68. The molecule has 6 nitrogen and oxygen atoms in total. The molecule has 1 unspecified atom stereocenters. The van der Waals surface area contributed by atoms with E-state index in [1.54, 1.807) is 30.3 Å². The Labute approximate surface area is 177 Å². The van der Waals surface area contributed by atoms with Crippen molar-refractivity contribution >= 4 is 38.6 Å². The monoisotopic (exact) mass is 441 g/mol. The van der Waals surface area contributed by atoms with E-state index in [1.807, 2.05) is 30.3 Å². The second-order valence-electron chi connectivity index (χ2n) is 6.75. The largest absolute Gasteiger partial charge is 0.440 e. The van der Waals surface area contributed by atoms with E-state index in [4.69, 9.17) is 16.0 Å². The Bertz CT molecular complexity index is 1310. The van der Waals surface area contributed by atoms with Gasteiger partial charge in [-0.3, -0.25) is 9.35 Å². The number of nitrogens with zero attached hydrogens (tertiary/aromatic N) is 1. The molecule has 4 rings (SSSR count). The first-order valence-corrected chi connectivity index (χ1v) is 10.9. The summed E-state index contributed by atoms with van der Waals surface area (Å²) in [5.74, 6) is -0.700. The van der Waals surface area contributed by atoms with Gasteiger partial charge in [-0.25, -0.2) is 4.98 Å². The van der Waals surface area contributed by atoms with Gasteiger partial charge in [-0.05, 0) is 34.9 Å². The average Bonchev–Trinajstić information content (AvgIpc) is 3.09. The highest BCUT2D eigenvalue weighted by molar-refractivity contribution is 7.86. The van der Waals surface area contributed by atoms with E-state index < -0.39 is 27.6 Å². The summed E-state index contributed by atoms with van der Waals surface area (Å²) in [7, 11) is -4.69. The third kappa shape index (κ3) is 4.28. The average molecular weight is 442 g/mol. The van der Waals surface area contributed by atoms with E-state index in [-0.39, 0.29) is 11.5 Å². The molecule has 0 saturated carbocycles. The van der Waals surface area contributed by atoms with Crippen molar-refractivity contribution in [2.24, 2.45) is 0 Å². The van der Waals surface area contributed by atoms with E-state index in [9.17, 15) is 17.8 Å². The molecule has 1 atom stereocenters. The number of oxazole rings is 1. The molecule has 30 heavy (non-hydrogen) atoms. The topological polar surface area (TPSA) is 97.5 Å². The molecule has 4 aromatic rings. The zero-order chi connectivity index (χ0) is 21.3. The van der Waals surface area contributed by atoms with Crippen LogP contribution in [0.5, 0.6) is 0 Å². The molecular weight excluding hydrogens is 426 g/mol. The first-order valence-electron chi connectivity index (χ1n) is 9.00. The van der Waals surface area contributed by atoms with Gasteiger partial charge in [-0.2, -0.15) is 8.42 Å². The molecule has 0 aliphatic rings. The molecule has 0 bridgehead atoms. The van der Waals surface area contributed by atoms with Gasteiger partial charge < -0.3 is 4.42 Å². The van der Waals surface area contributed by atoms with Crippen molar-refractivity contribution in [3.8, 4) is 11.1 Å². The highest BCUT2D eigenvalue weighted by Crippen LogP contribution is 2.28. The van der Waals surface area contributed by atoms with E-state index in [0.717, 1.165) is 11.1 Å². The van der Waals surface area contributed by atoms with Crippen LogP contribution in [-0.4, -0.2) is 23.7 Å². The number of hydrogen-bond acceptors (Lipinski definition) is 5. The number of aromatic nitrogens is 1. The fraction of sp³-hybridized carbons (Fsp3) is 0.0909. The molecule has 1 heterocycles. The summed E-state index contributed by atoms with van der Waals surface area (Å²) in [6.07, 6.45) is -0.392. The van der Waals surface area contributed by atoms with Crippen molar-refractivity contribution in [1.29, 1.82) is 0 Å². The number of halogens is 1. The van der Waals surface area contributed by atoms with Gasteiger partial charge in [-0.15, -0.1) is 0 Å². The van der Waals surface area contributed by atoms with Crippen LogP contribution in [0.15, 0.2) is 77.2 Å². The van der Waals surface area contributed by atoms with Crippen LogP contribution in [0.25, 0.3) is 22.2 Å². The molecule has 152 valence electrons. The maximum absolute atomic E-state index is 12.8. The predicted molar refractivity (Wildman–Crippen MR) is 114 cm³/mol. The number of benzene rings is 3. The molecule has 0 amide bonds. The van der Waals surface area contributed by atoms with Crippen molar-refractivity contribution in [3.05, 3.63) is 89.3 Å². The normalized spacial score (nSPS) is 12.7. The van der Waals surface area contributed by atoms with Gasteiger partial charge in [-0.1, -0.05) is 66.2 Å². The van der Waals surface area contributed by atoms with Crippen LogP contribution in [0.2, 0.25) is 5.02 Å². The molecule has 1 N–H and O–H groups in total. The fourth-order valence-corrected chi connectivity index (χ4v) is 4.35. The number of fused-ring (bicyclic) bond motifs is 1. The SMILES string of the molecule is O=C(Cc1nc2cc(Cl)ccc2o1)C(c1ccc(-c2ccccc2)cc1)S(=O)(=O)O. The summed E-state index contributed by atoms with van der Waals surface area (Å²) in [6.45, 7) is 0. The third-order valence-electron chi connectivity index (χ3n) is 4.63. The van der Waals surface area contributed by atoms with Gasteiger partial charge in [0.1, 0.15) is 5.52 Å². The van der Waals surface area contributed by atoms with Gasteiger partial charge >= 0.3 is 0 Å². The van der Waals surface area contributed by atoms with Gasteiger partial charge in [0.2, 0.25) is 5.89 Å². The lowest BCUT2D eigenvalue weighted by Crippen LogP contribution is -2.23. The molecule has 1 aromatic heterocycles. The molecule has 0 spiro atoms. The van der Waals surface area contributed by atoms with Crippen LogP contribution < -0.4 is 0 Å². The van der Waals surface area contributed by atoms with Crippen molar-refractivity contribution < 1.29 is 22.2 Å². The maximum Gasteiger partial charge on any atom is 0.279 e. The minimum Gasteiger partial charge on any atom is -0.440 e. The number of ketones is 1. The molecule has 8 heteroatoms. The summed E-state index contributed by atoms with van der Waals surface area (Å²) in [5.41, 5.74) is 2.86. The lowest BCUT2D eigenvalue weighted by Gasteiger charge is -2.13. The van der Waals surface area contributed by atoms with Crippen molar-refractivity contribution in [1.82, 2.24) is 4.98 Å². The molecular formula is C22H16ClNO5S. The number of hydrogen-bond donors (Lipinski definition) is 1. The molecule has 0 fully saturated rings. The Morgan fingerprint density at radius 1 is 1.00 bits per heavy atom. The summed E-state index contributed by atoms with van der Waals surface area (Å²) < 4.78 is 39.2. The number of Topliss-reactive ketones (excluding diaryl/α,β-unsaturated/α-hetero) is 1. The quantitative estimate of drug-likeness (QED) is 0.428. The molecule has 0 aliphatic heterocycles. The van der Waals surface area contributed by atoms with Crippen LogP contribution in [0, 0.1) is 0 Å².